The maximum atomic E-state index is 13.3. The van der Waals surface area contributed by atoms with Crippen molar-refractivity contribution >= 4 is 5.78 Å². The van der Waals surface area contributed by atoms with Crippen molar-refractivity contribution in [1.29, 1.82) is 0 Å². The van der Waals surface area contributed by atoms with Crippen LogP contribution in [0.15, 0.2) is 24.3 Å². The molecule has 0 heterocycles. The van der Waals surface area contributed by atoms with E-state index in [1.165, 1.54) is 6.07 Å². The molecule has 2 heteroatoms. The molecule has 0 amide bonds. The zero-order valence-electron chi connectivity index (χ0n) is 7.29. The van der Waals surface area contributed by atoms with Gasteiger partial charge >= 0.3 is 0 Å². The van der Waals surface area contributed by atoms with Crippen LogP contribution in [0.5, 0.6) is 0 Å². The molecule has 13 heavy (non-hydrogen) atoms. The summed E-state index contributed by atoms with van der Waals surface area (Å²) in [5.74, 6) is -0.242. The van der Waals surface area contributed by atoms with Crippen molar-refractivity contribution < 1.29 is 9.18 Å². The van der Waals surface area contributed by atoms with E-state index in [4.69, 9.17) is 0 Å². The lowest BCUT2D eigenvalue weighted by Crippen LogP contribution is -2.05. The minimum absolute atomic E-state index is 0.179. The highest BCUT2D eigenvalue weighted by molar-refractivity contribution is 5.87. The van der Waals surface area contributed by atoms with Crippen molar-refractivity contribution in [2.45, 2.75) is 25.2 Å². The van der Waals surface area contributed by atoms with Crippen molar-refractivity contribution in [1.82, 2.24) is 0 Å². The number of benzene rings is 1. The van der Waals surface area contributed by atoms with E-state index in [0.29, 0.717) is 12.0 Å². The third-order valence-electron chi connectivity index (χ3n) is 2.59. The first-order valence-corrected chi connectivity index (χ1v) is 4.56. The smallest absolute Gasteiger partial charge is 0.140 e. The molecule has 1 nitrogen and oxygen atoms in total. The van der Waals surface area contributed by atoms with Crippen molar-refractivity contribution in [3.63, 3.8) is 0 Å². The zero-order chi connectivity index (χ0) is 9.26. The molecule has 2 rings (SSSR count). The lowest BCUT2D eigenvalue weighted by molar-refractivity contribution is -0.118. The normalized spacial score (nSPS) is 22.2. The van der Waals surface area contributed by atoms with E-state index in [-0.39, 0.29) is 17.5 Å². The molecule has 1 aliphatic carbocycles. The minimum Gasteiger partial charge on any atom is -0.299 e. The van der Waals surface area contributed by atoms with Gasteiger partial charge in [-0.1, -0.05) is 18.2 Å². The van der Waals surface area contributed by atoms with E-state index in [9.17, 15) is 9.18 Å². The van der Waals surface area contributed by atoms with E-state index in [0.717, 1.165) is 12.8 Å². The molecule has 1 unspecified atom stereocenters. The topological polar surface area (TPSA) is 17.1 Å². The Bertz CT molecular complexity index is 333. The van der Waals surface area contributed by atoms with Gasteiger partial charge in [0, 0.05) is 12.3 Å². The maximum absolute atomic E-state index is 13.3. The summed E-state index contributed by atoms with van der Waals surface area (Å²) in [6, 6.07) is 6.56. The fourth-order valence-electron chi connectivity index (χ4n) is 1.90. The number of carbonyl (C=O) groups is 1. The van der Waals surface area contributed by atoms with Gasteiger partial charge in [-0.15, -0.1) is 0 Å². The average molecular weight is 178 g/mol. The molecule has 0 bridgehead atoms. The Kier molecular flexibility index (Phi) is 2.13. The Balaban J connectivity index is 2.34. The number of halogens is 1. The molecule has 1 aliphatic rings. The highest BCUT2D eigenvalue weighted by Gasteiger charge is 2.27. The van der Waals surface area contributed by atoms with Crippen LogP contribution >= 0.6 is 0 Å². The van der Waals surface area contributed by atoms with E-state index in [2.05, 4.69) is 0 Å². The fraction of sp³-hybridized carbons (Fsp3) is 0.364. The van der Waals surface area contributed by atoms with Crippen LogP contribution in [0.1, 0.15) is 30.7 Å². The third-order valence-corrected chi connectivity index (χ3v) is 2.59. The van der Waals surface area contributed by atoms with Crippen LogP contribution in [0.2, 0.25) is 0 Å². The summed E-state index contributed by atoms with van der Waals surface area (Å²) in [7, 11) is 0. The SMILES string of the molecule is O=C1CCCC1c1ccccc1F. The molecule has 1 atom stereocenters. The predicted molar refractivity (Wildman–Crippen MR) is 48.0 cm³/mol. The Morgan fingerprint density at radius 1 is 1.31 bits per heavy atom. The lowest BCUT2D eigenvalue weighted by atomic mass is 9.96. The van der Waals surface area contributed by atoms with Gasteiger partial charge in [-0.05, 0) is 24.5 Å². The highest BCUT2D eigenvalue weighted by atomic mass is 19.1. The van der Waals surface area contributed by atoms with E-state index in [1.54, 1.807) is 18.2 Å². The van der Waals surface area contributed by atoms with Crippen LogP contribution in [-0.4, -0.2) is 5.78 Å². The molecule has 0 spiro atoms. The molecule has 0 radical (unpaired) electrons. The van der Waals surface area contributed by atoms with Crippen LogP contribution in [0.3, 0.4) is 0 Å². The van der Waals surface area contributed by atoms with Crippen molar-refractivity contribution in [2.75, 3.05) is 0 Å². The van der Waals surface area contributed by atoms with Crippen LogP contribution in [0.25, 0.3) is 0 Å². The summed E-state index contributed by atoms with van der Waals surface area (Å²) in [5, 5.41) is 0. The number of hydrogen-bond donors (Lipinski definition) is 0. The first kappa shape index (κ1) is 8.42. The number of hydrogen-bond acceptors (Lipinski definition) is 1. The van der Waals surface area contributed by atoms with Gasteiger partial charge in [-0.25, -0.2) is 4.39 Å². The van der Waals surface area contributed by atoms with Crippen LogP contribution in [0.4, 0.5) is 4.39 Å². The van der Waals surface area contributed by atoms with Gasteiger partial charge in [0.25, 0.3) is 0 Å². The quantitative estimate of drug-likeness (QED) is 0.646. The van der Waals surface area contributed by atoms with Crippen molar-refractivity contribution in [2.24, 2.45) is 0 Å². The molecule has 0 aliphatic heterocycles. The second-order valence-electron chi connectivity index (χ2n) is 3.43. The molecular formula is C11H11FO. The van der Waals surface area contributed by atoms with Gasteiger partial charge in [0.1, 0.15) is 11.6 Å². The first-order valence-electron chi connectivity index (χ1n) is 4.56. The lowest BCUT2D eigenvalue weighted by Gasteiger charge is -2.08. The second kappa shape index (κ2) is 3.29. The largest absolute Gasteiger partial charge is 0.299 e. The highest BCUT2D eigenvalue weighted by Crippen LogP contribution is 2.32. The summed E-state index contributed by atoms with van der Waals surface area (Å²) in [6.07, 6.45) is 2.32. The summed E-state index contributed by atoms with van der Waals surface area (Å²) in [5.41, 5.74) is 0.574. The third kappa shape index (κ3) is 1.48. The minimum atomic E-state index is -0.247. The monoisotopic (exact) mass is 178 g/mol. The Hall–Kier alpha value is -1.18. The molecule has 0 aromatic heterocycles. The number of rotatable bonds is 1. The molecular weight excluding hydrogens is 167 g/mol. The van der Waals surface area contributed by atoms with Gasteiger partial charge in [-0.3, -0.25) is 4.79 Å². The number of carbonyl (C=O) groups excluding carboxylic acids is 1. The molecule has 1 aromatic rings. The van der Waals surface area contributed by atoms with Crippen molar-refractivity contribution in [3.05, 3.63) is 35.6 Å². The summed E-state index contributed by atoms with van der Waals surface area (Å²) in [4.78, 5) is 11.4. The Morgan fingerprint density at radius 3 is 2.69 bits per heavy atom. The van der Waals surface area contributed by atoms with E-state index < -0.39 is 0 Å². The van der Waals surface area contributed by atoms with Gasteiger partial charge < -0.3 is 0 Å². The van der Waals surface area contributed by atoms with Crippen LogP contribution in [0, 0.1) is 5.82 Å². The van der Waals surface area contributed by atoms with Gasteiger partial charge in [0.05, 0.1) is 0 Å². The summed E-state index contributed by atoms with van der Waals surface area (Å²) < 4.78 is 13.3. The van der Waals surface area contributed by atoms with Gasteiger partial charge in [0.2, 0.25) is 0 Å². The molecule has 68 valence electrons. The second-order valence-corrected chi connectivity index (χ2v) is 3.43. The molecule has 1 fully saturated rings. The number of Topliss-reactive ketones (excluding diaryl/α,β-unsaturated/α-hetero) is 1. The Morgan fingerprint density at radius 2 is 2.08 bits per heavy atom. The molecule has 0 N–H and O–H groups in total. The predicted octanol–water partition coefficient (Wildman–Crippen LogP) is 2.66. The molecule has 1 saturated carbocycles. The summed E-state index contributed by atoms with van der Waals surface area (Å²) in [6.45, 7) is 0. The maximum Gasteiger partial charge on any atom is 0.140 e. The first-order chi connectivity index (χ1) is 6.29. The van der Waals surface area contributed by atoms with Gasteiger partial charge in [0.15, 0.2) is 0 Å². The van der Waals surface area contributed by atoms with Gasteiger partial charge in [-0.2, -0.15) is 0 Å². The standard InChI is InChI=1S/C11H11FO/c12-10-6-2-1-4-8(10)9-5-3-7-11(9)13/h1-2,4,6,9H,3,5,7H2. The van der Waals surface area contributed by atoms with Crippen LogP contribution in [-0.2, 0) is 4.79 Å². The fourth-order valence-corrected chi connectivity index (χ4v) is 1.90. The Labute approximate surface area is 76.6 Å². The van der Waals surface area contributed by atoms with E-state index in [1.807, 2.05) is 0 Å². The molecule has 1 aromatic carbocycles. The molecule has 0 saturated heterocycles. The summed E-state index contributed by atoms with van der Waals surface area (Å²) >= 11 is 0. The van der Waals surface area contributed by atoms with Crippen LogP contribution < -0.4 is 0 Å². The average Bonchev–Trinajstić information content (AvgIpc) is 2.52. The number of ketones is 1. The zero-order valence-corrected chi connectivity index (χ0v) is 7.29. The van der Waals surface area contributed by atoms with E-state index >= 15 is 0 Å². The van der Waals surface area contributed by atoms with Crippen molar-refractivity contribution in [3.8, 4) is 0 Å².